The van der Waals surface area contributed by atoms with Gasteiger partial charge in [0.05, 0.1) is 5.56 Å². The molecular weight excluding hydrogens is 277 g/mol. The molecule has 2 nitrogen and oxygen atoms in total. The molecule has 0 unspecified atom stereocenters. The first-order valence-corrected chi connectivity index (χ1v) is 7.56. The minimum absolute atomic E-state index is 0.215. The second-order valence-corrected chi connectivity index (χ2v) is 5.75. The number of hydrogen-bond acceptors (Lipinski definition) is 2. The molecule has 0 radical (unpaired) electrons. The molecule has 21 heavy (non-hydrogen) atoms. The van der Waals surface area contributed by atoms with E-state index in [4.69, 9.17) is 0 Å². The Labute approximate surface area is 124 Å². The molecule has 2 atom stereocenters. The van der Waals surface area contributed by atoms with E-state index in [-0.39, 0.29) is 6.04 Å². The van der Waals surface area contributed by atoms with E-state index in [2.05, 4.69) is 24.2 Å². The highest BCUT2D eigenvalue weighted by Gasteiger charge is 2.31. The number of halogens is 3. The van der Waals surface area contributed by atoms with Crippen LogP contribution in [-0.4, -0.2) is 30.6 Å². The molecule has 1 aromatic carbocycles. The standard InChI is InChI=1S/C16H23F3N2/c1-3-21(2)15-10-5-4-9-14(15)20-13-8-6-7-12(11-13)16(17,18)19/h6-8,11,14-15,20H,3-5,9-10H2,1-2H3/t14-,15-/m1/s1. The van der Waals surface area contributed by atoms with Crippen molar-refractivity contribution in [3.8, 4) is 0 Å². The Morgan fingerprint density at radius 3 is 2.62 bits per heavy atom. The Morgan fingerprint density at radius 2 is 1.95 bits per heavy atom. The van der Waals surface area contributed by atoms with E-state index in [1.54, 1.807) is 6.07 Å². The van der Waals surface area contributed by atoms with Crippen LogP contribution in [0.3, 0.4) is 0 Å². The van der Waals surface area contributed by atoms with Crippen LogP contribution in [0.15, 0.2) is 24.3 Å². The summed E-state index contributed by atoms with van der Waals surface area (Å²) in [5.41, 5.74) is -0.0325. The molecule has 2 rings (SSSR count). The molecular formula is C16H23F3N2. The van der Waals surface area contributed by atoms with E-state index in [1.165, 1.54) is 18.6 Å². The molecule has 0 aliphatic heterocycles. The van der Waals surface area contributed by atoms with Crippen molar-refractivity contribution in [3.63, 3.8) is 0 Å². The summed E-state index contributed by atoms with van der Waals surface area (Å²) in [4.78, 5) is 2.28. The zero-order valence-electron chi connectivity index (χ0n) is 12.6. The predicted molar refractivity (Wildman–Crippen MR) is 79.4 cm³/mol. The summed E-state index contributed by atoms with van der Waals surface area (Å²) in [6.07, 6.45) is 0.135. The maximum atomic E-state index is 12.8. The zero-order valence-corrected chi connectivity index (χ0v) is 12.6. The molecule has 0 amide bonds. The molecule has 118 valence electrons. The summed E-state index contributed by atoms with van der Waals surface area (Å²) in [6, 6.07) is 6.10. The van der Waals surface area contributed by atoms with Crippen LogP contribution in [0.2, 0.25) is 0 Å². The molecule has 0 heterocycles. The number of likely N-dealkylation sites (N-methyl/N-ethyl adjacent to an activating group) is 1. The molecule has 1 aromatic rings. The Bertz CT molecular complexity index is 459. The van der Waals surface area contributed by atoms with Crippen molar-refractivity contribution >= 4 is 5.69 Å². The van der Waals surface area contributed by atoms with E-state index in [1.807, 2.05) is 0 Å². The molecule has 5 heteroatoms. The van der Waals surface area contributed by atoms with E-state index >= 15 is 0 Å². The number of rotatable bonds is 4. The lowest BCUT2D eigenvalue weighted by molar-refractivity contribution is -0.137. The number of anilines is 1. The molecule has 0 aromatic heterocycles. The highest BCUT2D eigenvalue weighted by molar-refractivity contribution is 5.47. The Kier molecular flexibility index (Phi) is 5.14. The van der Waals surface area contributed by atoms with E-state index in [0.29, 0.717) is 11.7 Å². The molecule has 1 N–H and O–H groups in total. The summed E-state index contributed by atoms with van der Waals surface area (Å²) in [6.45, 7) is 3.06. The van der Waals surface area contributed by atoms with Crippen molar-refractivity contribution in [2.75, 3.05) is 18.9 Å². The van der Waals surface area contributed by atoms with Gasteiger partial charge in [0, 0.05) is 17.8 Å². The maximum Gasteiger partial charge on any atom is 0.416 e. The Balaban J connectivity index is 2.12. The van der Waals surface area contributed by atoms with Gasteiger partial charge in [0.15, 0.2) is 0 Å². The number of nitrogens with zero attached hydrogens (tertiary/aromatic N) is 1. The van der Waals surface area contributed by atoms with Crippen molar-refractivity contribution in [2.24, 2.45) is 0 Å². The van der Waals surface area contributed by atoms with Crippen LogP contribution in [0.25, 0.3) is 0 Å². The smallest absolute Gasteiger partial charge is 0.381 e. The molecule has 1 fully saturated rings. The van der Waals surface area contributed by atoms with Gasteiger partial charge in [0.25, 0.3) is 0 Å². The third-order valence-electron chi connectivity index (χ3n) is 4.34. The summed E-state index contributed by atoms with van der Waals surface area (Å²) in [5.74, 6) is 0. The molecule has 1 aliphatic carbocycles. The fourth-order valence-electron chi connectivity index (χ4n) is 3.04. The van der Waals surface area contributed by atoms with Gasteiger partial charge in [-0.05, 0) is 44.6 Å². The van der Waals surface area contributed by atoms with Crippen molar-refractivity contribution in [3.05, 3.63) is 29.8 Å². The van der Waals surface area contributed by atoms with Gasteiger partial charge in [-0.1, -0.05) is 25.8 Å². The van der Waals surface area contributed by atoms with Crippen molar-refractivity contribution in [2.45, 2.75) is 50.9 Å². The van der Waals surface area contributed by atoms with Crippen LogP contribution in [0.5, 0.6) is 0 Å². The topological polar surface area (TPSA) is 15.3 Å². The molecule has 1 saturated carbocycles. The van der Waals surface area contributed by atoms with Crippen molar-refractivity contribution in [1.29, 1.82) is 0 Å². The van der Waals surface area contributed by atoms with Gasteiger partial charge in [-0.15, -0.1) is 0 Å². The summed E-state index contributed by atoms with van der Waals surface area (Å²) in [7, 11) is 2.08. The highest BCUT2D eigenvalue weighted by Crippen LogP contribution is 2.32. The van der Waals surface area contributed by atoms with Gasteiger partial charge >= 0.3 is 6.18 Å². The van der Waals surface area contributed by atoms with Gasteiger partial charge in [0.2, 0.25) is 0 Å². The van der Waals surface area contributed by atoms with E-state index in [9.17, 15) is 13.2 Å². The Hall–Kier alpha value is -1.23. The first-order chi connectivity index (χ1) is 9.91. The second-order valence-electron chi connectivity index (χ2n) is 5.75. The lowest BCUT2D eigenvalue weighted by Gasteiger charge is -2.38. The van der Waals surface area contributed by atoms with Gasteiger partial charge < -0.3 is 10.2 Å². The monoisotopic (exact) mass is 300 g/mol. The highest BCUT2D eigenvalue weighted by atomic mass is 19.4. The number of hydrogen-bond donors (Lipinski definition) is 1. The lowest BCUT2D eigenvalue weighted by Crippen LogP contribution is -2.47. The largest absolute Gasteiger partial charge is 0.416 e. The maximum absolute atomic E-state index is 12.8. The fourth-order valence-corrected chi connectivity index (χ4v) is 3.04. The SMILES string of the molecule is CCN(C)[C@@H]1CCCC[C@H]1Nc1cccc(C(F)(F)F)c1. The quantitative estimate of drug-likeness (QED) is 0.887. The van der Waals surface area contributed by atoms with E-state index in [0.717, 1.165) is 31.9 Å². The summed E-state index contributed by atoms with van der Waals surface area (Å²) >= 11 is 0. The van der Waals surface area contributed by atoms with Gasteiger partial charge in [0.1, 0.15) is 0 Å². The second kappa shape index (κ2) is 6.69. The molecule has 1 aliphatic rings. The fraction of sp³-hybridized carbons (Fsp3) is 0.625. The average molecular weight is 300 g/mol. The predicted octanol–water partition coefficient (Wildman–Crippen LogP) is 4.38. The summed E-state index contributed by atoms with van der Waals surface area (Å²) in [5, 5.41) is 3.32. The van der Waals surface area contributed by atoms with Gasteiger partial charge in [-0.3, -0.25) is 0 Å². The minimum Gasteiger partial charge on any atom is -0.381 e. The normalized spacial score (nSPS) is 23.3. The van der Waals surface area contributed by atoms with Crippen LogP contribution < -0.4 is 5.32 Å². The van der Waals surface area contributed by atoms with Crippen molar-refractivity contribution in [1.82, 2.24) is 4.90 Å². The lowest BCUT2D eigenvalue weighted by atomic mass is 9.89. The van der Waals surface area contributed by atoms with Crippen LogP contribution in [0.4, 0.5) is 18.9 Å². The third kappa shape index (κ3) is 4.13. The minimum atomic E-state index is -4.29. The third-order valence-corrected chi connectivity index (χ3v) is 4.34. The number of benzene rings is 1. The number of nitrogens with one attached hydrogen (secondary N) is 1. The van der Waals surface area contributed by atoms with Crippen LogP contribution >= 0.6 is 0 Å². The van der Waals surface area contributed by atoms with Crippen LogP contribution in [-0.2, 0) is 6.18 Å². The van der Waals surface area contributed by atoms with Crippen LogP contribution in [0, 0.1) is 0 Å². The number of alkyl halides is 3. The van der Waals surface area contributed by atoms with Crippen molar-refractivity contribution < 1.29 is 13.2 Å². The van der Waals surface area contributed by atoms with Crippen LogP contribution in [0.1, 0.15) is 38.2 Å². The average Bonchev–Trinajstić information content (AvgIpc) is 2.46. The molecule has 0 bridgehead atoms. The molecule has 0 spiro atoms. The molecule has 0 saturated heterocycles. The zero-order chi connectivity index (χ0) is 15.5. The summed E-state index contributed by atoms with van der Waals surface area (Å²) < 4.78 is 38.3. The first kappa shape index (κ1) is 16.1. The van der Waals surface area contributed by atoms with Gasteiger partial charge in [-0.2, -0.15) is 13.2 Å². The Morgan fingerprint density at radius 1 is 1.24 bits per heavy atom. The van der Waals surface area contributed by atoms with E-state index < -0.39 is 11.7 Å². The first-order valence-electron chi connectivity index (χ1n) is 7.56. The van der Waals surface area contributed by atoms with Gasteiger partial charge in [-0.25, -0.2) is 0 Å².